The summed E-state index contributed by atoms with van der Waals surface area (Å²) in [6.45, 7) is 6.53. The third-order valence-electron chi connectivity index (χ3n) is 2.60. The van der Waals surface area contributed by atoms with Crippen LogP contribution in [0.1, 0.15) is 39.5 Å². The van der Waals surface area contributed by atoms with Crippen LogP contribution in [0.5, 0.6) is 0 Å². The Balaban J connectivity index is 1.94. The van der Waals surface area contributed by atoms with Crippen LogP contribution < -0.4 is 5.32 Å². The molecule has 0 bridgehead atoms. The van der Waals surface area contributed by atoms with Gasteiger partial charge in [-0.3, -0.25) is 0 Å². The van der Waals surface area contributed by atoms with Gasteiger partial charge in [0.05, 0.1) is 6.10 Å². The van der Waals surface area contributed by atoms with Crippen molar-refractivity contribution in [3.63, 3.8) is 0 Å². The maximum atomic E-state index is 5.53. The van der Waals surface area contributed by atoms with Crippen molar-refractivity contribution in [3.05, 3.63) is 0 Å². The van der Waals surface area contributed by atoms with E-state index in [2.05, 4.69) is 19.2 Å². The summed E-state index contributed by atoms with van der Waals surface area (Å²) in [7, 11) is 0. The lowest BCUT2D eigenvalue weighted by Crippen LogP contribution is -2.28. The Morgan fingerprint density at radius 3 is 3.00 bits per heavy atom. The minimum absolute atomic E-state index is 0.543. The molecule has 2 atom stereocenters. The summed E-state index contributed by atoms with van der Waals surface area (Å²) in [6, 6.07) is 0.659. The van der Waals surface area contributed by atoms with E-state index in [4.69, 9.17) is 4.74 Å². The molecule has 1 heterocycles. The molecule has 0 saturated carbocycles. The Labute approximate surface area is 75.7 Å². The Morgan fingerprint density at radius 2 is 2.42 bits per heavy atom. The van der Waals surface area contributed by atoms with E-state index >= 15 is 0 Å². The average molecular weight is 171 g/mol. The zero-order valence-corrected chi connectivity index (χ0v) is 8.31. The molecule has 1 aliphatic rings. The Bertz CT molecular complexity index is 110. The van der Waals surface area contributed by atoms with Gasteiger partial charge in [-0.25, -0.2) is 0 Å². The average Bonchev–Trinajstić information content (AvgIpc) is 2.57. The number of ether oxygens (including phenoxy) is 1. The zero-order valence-electron chi connectivity index (χ0n) is 8.31. The monoisotopic (exact) mass is 171 g/mol. The Kier molecular flexibility index (Phi) is 4.62. The van der Waals surface area contributed by atoms with Gasteiger partial charge in [0, 0.05) is 12.6 Å². The number of rotatable bonds is 5. The molecule has 1 rings (SSSR count). The van der Waals surface area contributed by atoms with Gasteiger partial charge in [0.2, 0.25) is 0 Å². The molecule has 0 aromatic heterocycles. The van der Waals surface area contributed by atoms with Crippen LogP contribution in [0.15, 0.2) is 0 Å². The minimum Gasteiger partial charge on any atom is -0.378 e. The first kappa shape index (κ1) is 10.0. The maximum absolute atomic E-state index is 5.53. The topological polar surface area (TPSA) is 21.3 Å². The quantitative estimate of drug-likeness (QED) is 0.682. The second-order valence-corrected chi connectivity index (χ2v) is 3.69. The highest BCUT2D eigenvalue weighted by Crippen LogP contribution is 2.14. The molecule has 2 unspecified atom stereocenters. The summed E-state index contributed by atoms with van der Waals surface area (Å²) in [5.74, 6) is 0. The Hall–Kier alpha value is -0.0800. The molecule has 2 nitrogen and oxygen atoms in total. The molecule has 1 saturated heterocycles. The molecule has 0 aromatic rings. The maximum Gasteiger partial charge on any atom is 0.0588 e. The van der Waals surface area contributed by atoms with Crippen molar-refractivity contribution in [1.29, 1.82) is 0 Å². The highest BCUT2D eigenvalue weighted by atomic mass is 16.5. The lowest BCUT2D eigenvalue weighted by Gasteiger charge is -2.13. The molecule has 1 N–H and O–H groups in total. The van der Waals surface area contributed by atoms with Gasteiger partial charge in [-0.05, 0) is 39.2 Å². The summed E-state index contributed by atoms with van der Waals surface area (Å²) >= 11 is 0. The van der Waals surface area contributed by atoms with Crippen LogP contribution in [0.25, 0.3) is 0 Å². The van der Waals surface area contributed by atoms with E-state index in [-0.39, 0.29) is 0 Å². The van der Waals surface area contributed by atoms with Crippen molar-refractivity contribution < 1.29 is 4.74 Å². The van der Waals surface area contributed by atoms with Gasteiger partial charge in [0.15, 0.2) is 0 Å². The summed E-state index contributed by atoms with van der Waals surface area (Å²) in [6.07, 6.45) is 5.47. The number of hydrogen-bond donors (Lipinski definition) is 1. The van der Waals surface area contributed by atoms with Crippen molar-refractivity contribution in [2.45, 2.75) is 51.7 Å². The van der Waals surface area contributed by atoms with Gasteiger partial charge < -0.3 is 10.1 Å². The second-order valence-electron chi connectivity index (χ2n) is 3.69. The Morgan fingerprint density at radius 1 is 1.58 bits per heavy atom. The zero-order chi connectivity index (χ0) is 8.81. The predicted octanol–water partition coefficient (Wildman–Crippen LogP) is 1.94. The molecule has 72 valence electrons. The molecular weight excluding hydrogens is 150 g/mol. The van der Waals surface area contributed by atoms with E-state index in [1.54, 1.807) is 0 Å². The van der Waals surface area contributed by atoms with Crippen LogP contribution in [0.4, 0.5) is 0 Å². The van der Waals surface area contributed by atoms with Crippen molar-refractivity contribution >= 4 is 0 Å². The number of hydrogen-bond acceptors (Lipinski definition) is 2. The van der Waals surface area contributed by atoms with Gasteiger partial charge in [-0.2, -0.15) is 0 Å². The highest BCUT2D eigenvalue weighted by molar-refractivity contribution is 4.67. The van der Waals surface area contributed by atoms with Gasteiger partial charge in [-0.15, -0.1) is 0 Å². The molecule has 0 aromatic carbocycles. The molecule has 0 spiro atoms. The largest absolute Gasteiger partial charge is 0.378 e. The summed E-state index contributed by atoms with van der Waals surface area (Å²) in [5, 5.41) is 3.48. The third kappa shape index (κ3) is 3.55. The van der Waals surface area contributed by atoms with Crippen molar-refractivity contribution in [2.24, 2.45) is 0 Å². The van der Waals surface area contributed by atoms with Crippen LogP contribution in [-0.4, -0.2) is 25.3 Å². The van der Waals surface area contributed by atoms with Gasteiger partial charge in [-0.1, -0.05) is 6.92 Å². The van der Waals surface area contributed by atoms with E-state index in [9.17, 15) is 0 Å². The second kappa shape index (κ2) is 5.55. The van der Waals surface area contributed by atoms with E-state index in [0.29, 0.717) is 12.1 Å². The molecule has 1 aliphatic heterocycles. The van der Waals surface area contributed by atoms with Crippen LogP contribution in [0.2, 0.25) is 0 Å². The fourth-order valence-electron chi connectivity index (χ4n) is 1.51. The molecular formula is C10H21NO. The third-order valence-corrected chi connectivity index (χ3v) is 2.60. The first-order chi connectivity index (χ1) is 5.83. The summed E-state index contributed by atoms with van der Waals surface area (Å²) in [5.41, 5.74) is 0. The van der Waals surface area contributed by atoms with Crippen LogP contribution in [0, 0.1) is 0 Å². The van der Waals surface area contributed by atoms with E-state index in [1.807, 2.05) is 0 Å². The SMILES string of the molecule is CCC(C)NCCC1CCCO1. The fraction of sp³-hybridized carbons (Fsp3) is 1.00. The van der Waals surface area contributed by atoms with Gasteiger partial charge >= 0.3 is 0 Å². The summed E-state index contributed by atoms with van der Waals surface area (Å²) in [4.78, 5) is 0. The minimum atomic E-state index is 0.543. The standard InChI is InChI=1S/C10H21NO/c1-3-9(2)11-7-6-10-5-4-8-12-10/h9-11H,3-8H2,1-2H3. The molecule has 2 heteroatoms. The van der Waals surface area contributed by atoms with Gasteiger partial charge in [0.25, 0.3) is 0 Å². The van der Waals surface area contributed by atoms with Crippen molar-refractivity contribution in [1.82, 2.24) is 5.32 Å². The van der Waals surface area contributed by atoms with Gasteiger partial charge in [0.1, 0.15) is 0 Å². The van der Waals surface area contributed by atoms with E-state index < -0.39 is 0 Å². The van der Waals surface area contributed by atoms with Crippen LogP contribution >= 0.6 is 0 Å². The fourth-order valence-corrected chi connectivity index (χ4v) is 1.51. The van der Waals surface area contributed by atoms with Crippen LogP contribution in [0.3, 0.4) is 0 Å². The van der Waals surface area contributed by atoms with E-state index in [0.717, 1.165) is 13.2 Å². The molecule has 1 fully saturated rings. The van der Waals surface area contributed by atoms with Crippen LogP contribution in [-0.2, 0) is 4.74 Å². The first-order valence-corrected chi connectivity index (χ1v) is 5.18. The molecule has 0 radical (unpaired) electrons. The van der Waals surface area contributed by atoms with E-state index in [1.165, 1.54) is 25.7 Å². The van der Waals surface area contributed by atoms with Crippen molar-refractivity contribution in [3.8, 4) is 0 Å². The molecule has 0 aliphatic carbocycles. The lowest BCUT2D eigenvalue weighted by molar-refractivity contribution is 0.103. The first-order valence-electron chi connectivity index (χ1n) is 5.18. The highest BCUT2D eigenvalue weighted by Gasteiger charge is 2.14. The molecule has 0 amide bonds. The molecule has 12 heavy (non-hydrogen) atoms. The number of nitrogens with one attached hydrogen (secondary N) is 1. The normalized spacial score (nSPS) is 26.0. The lowest BCUT2D eigenvalue weighted by atomic mass is 10.2. The van der Waals surface area contributed by atoms with Crippen molar-refractivity contribution in [2.75, 3.05) is 13.2 Å². The predicted molar refractivity (Wildman–Crippen MR) is 51.3 cm³/mol. The smallest absolute Gasteiger partial charge is 0.0588 e. The summed E-state index contributed by atoms with van der Waals surface area (Å²) < 4.78 is 5.53.